The normalized spacial score (nSPS) is 20.5. The number of likely N-dealkylation sites (tertiary alicyclic amines) is 1. The summed E-state index contributed by atoms with van der Waals surface area (Å²) in [5.41, 5.74) is 2.99. The summed E-state index contributed by atoms with van der Waals surface area (Å²) < 4.78 is 8.47. The largest absolute Gasteiger partial charge is 0.497 e. The van der Waals surface area contributed by atoms with Crippen LogP contribution in [0.2, 0.25) is 0 Å². The van der Waals surface area contributed by atoms with Crippen LogP contribution < -0.4 is 16.0 Å². The number of thiophene rings is 1. The Morgan fingerprint density at radius 1 is 1.12 bits per heavy atom. The van der Waals surface area contributed by atoms with Crippen LogP contribution in [-0.4, -0.2) is 41.2 Å². The molecule has 2 aliphatic rings. The fraction of sp³-hybridized carbons (Fsp3) is 0.360. The highest BCUT2D eigenvalue weighted by Crippen LogP contribution is 2.42. The second kappa shape index (κ2) is 7.60. The van der Waals surface area contributed by atoms with Crippen LogP contribution in [0.1, 0.15) is 23.5 Å². The molecule has 6 nitrogen and oxygen atoms in total. The molecule has 7 heteroatoms. The number of benzene rings is 2. The van der Waals surface area contributed by atoms with Gasteiger partial charge in [0.15, 0.2) is 0 Å². The average molecular weight is 448 g/mol. The maximum Gasteiger partial charge on any atom is 0.328 e. The van der Waals surface area contributed by atoms with Crippen LogP contribution in [0.4, 0.5) is 0 Å². The van der Waals surface area contributed by atoms with Crippen LogP contribution in [0.5, 0.6) is 5.75 Å². The number of fused-ring (bicyclic) bond motifs is 6. The molecule has 6 rings (SSSR count). The molecular weight excluding hydrogens is 422 g/mol. The molecule has 1 aliphatic carbocycles. The molecule has 0 bridgehead atoms. The first-order valence-electron chi connectivity index (χ1n) is 11.2. The molecule has 0 spiro atoms. The van der Waals surface area contributed by atoms with Gasteiger partial charge in [-0.3, -0.25) is 9.36 Å². The van der Waals surface area contributed by atoms with Gasteiger partial charge in [0.1, 0.15) is 10.4 Å². The quantitative estimate of drug-likeness (QED) is 0.519. The van der Waals surface area contributed by atoms with Gasteiger partial charge in [0.05, 0.1) is 12.6 Å². The van der Waals surface area contributed by atoms with E-state index in [9.17, 15) is 9.59 Å². The SMILES string of the molecule is COc1ccc2c(c1)[C@@H]1CN(CCn3c(=O)[nH]c4c(sc5ccccc54)c3=O)C[C@@H]1CC2. The Labute approximate surface area is 189 Å². The Morgan fingerprint density at radius 2 is 2.00 bits per heavy atom. The molecule has 3 heterocycles. The van der Waals surface area contributed by atoms with Crippen molar-refractivity contribution in [2.45, 2.75) is 25.3 Å². The third-order valence-corrected chi connectivity index (χ3v) is 8.36. The summed E-state index contributed by atoms with van der Waals surface area (Å²) in [5.74, 6) is 2.03. The number of H-pyrrole nitrogens is 1. The van der Waals surface area contributed by atoms with Crippen molar-refractivity contribution >= 4 is 31.6 Å². The van der Waals surface area contributed by atoms with Gasteiger partial charge in [0.2, 0.25) is 0 Å². The van der Waals surface area contributed by atoms with Gasteiger partial charge < -0.3 is 14.6 Å². The summed E-state index contributed by atoms with van der Waals surface area (Å²) in [6.45, 7) is 3.08. The lowest BCUT2D eigenvalue weighted by atomic mass is 9.77. The van der Waals surface area contributed by atoms with Crippen LogP contribution in [-0.2, 0) is 13.0 Å². The summed E-state index contributed by atoms with van der Waals surface area (Å²) in [7, 11) is 1.71. The number of aryl methyl sites for hydroxylation is 1. The second-order valence-electron chi connectivity index (χ2n) is 8.92. The fourth-order valence-electron chi connectivity index (χ4n) is 5.56. The number of rotatable bonds is 4. The molecule has 1 N–H and O–H groups in total. The maximum atomic E-state index is 13.1. The molecular formula is C25H25N3O3S. The van der Waals surface area contributed by atoms with Gasteiger partial charge >= 0.3 is 5.69 Å². The highest BCUT2D eigenvalue weighted by atomic mass is 32.1. The van der Waals surface area contributed by atoms with E-state index in [0.717, 1.165) is 35.3 Å². The van der Waals surface area contributed by atoms with Crippen molar-refractivity contribution < 1.29 is 4.74 Å². The van der Waals surface area contributed by atoms with Gasteiger partial charge in [-0.2, -0.15) is 0 Å². The molecule has 2 aromatic carbocycles. The van der Waals surface area contributed by atoms with E-state index in [1.165, 1.54) is 33.5 Å². The van der Waals surface area contributed by atoms with Gasteiger partial charge in [-0.25, -0.2) is 4.79 Å². The van der Waals surface area contributed by atoms with E-state index in [1.54, 1.807) is 7.11 Å². The van der Waals surface area contributed by atoms with E-state index in [-0.39, 0.29) is 11.2 Å². The molecule has 0 unspecified atom stereocenters. The molecule has 32 heavy (non-hydrogen) atoms. The molecule has 4 aromatic rings. The average Bonchev–Trinajstić information content (AvgIpc) is 3.40. The van der Waals surface area contributed by atoms with Crippen LogP contribution in [0.15, 0.2) is 52.1 Å². The van der Waals surface area contributed by atoms with E-state index < -0.39 is 0 Å². The van der Waals surface area contributed by atoms with Gasteiger partial charge in [-0.15, -0.1) is 11.3 Å². The van der Waals surface area contributed by atoms with Crippen molar-refractivity contribution in [1.29, 1.82) is 0 Å². The number of ether oxygens (including phenoxy) is 1. The van der Waals surface area contributed by atoms with Crippen molar-refractivity contribution in [3.63, 3.8) is 0 Å². The van der Waals surface area contributed by atoms with Crippen molar-refractivity contribution in [2.24, 2.45) is 5.92 Å². The first kappa shape index (κ1) is 19.8. The predicted molar refractivity (Wildman–Crippen MR) is 128 cm³/mol. The zero-order valence-corrected chi connectivity index (χ0v) is 18.8. The smallest absolute Gasteiger partial charge is 0.328 e. The lowest BCUT2D eigenvalue weighted by molar-refractivity contribution is 0.303. The summed E-state index contributed by atoms with van der Waals surface area (Å²) in [5, 5.41) is 0.937. The molecule has 164 valence electrons. The lowest BCUT2D eigenvalue weighted by Crippen LogP contribution is -2.38. The minimum absolute atomic E-state index is 0.184. The van der Waals surface area contributed by atoms with Gasteiger partial charge in [0, 0.05) is 42.2 Å². The first-order valence-corrected chi connectivity index (χ1v) is 12.0. The Hall–Kier alpha value is -2.90. The molecule has 2 atom stereocenters. The molecule has 1 fully saturated rings. The minimum Gasteiger partial charge on any atom is -0.497 e. The number of nitrogens with one attached hydrogen (secondary N) is 1. The summed E-state index contributed by atoms with van der Waals surface area (Å²) in [6.07, 6.45) is 2.30. The third-order valence-electron chi connectivity index (χ3n) is 7.21. The highest BCUT2D eigenvalue weighted by molar-refractivity contribution is 7.25. The maximum absolute atomic E-state index is 13.1. The van der Waals surface area contributed by atoms with E-state index >= 15 is 0 Å². The summed E-state index contributed by atoms with van der Waals surface area (Å²) in [6, 6.07) is 14.3. The van der Waals surface area contributed by atoms with E-state index in [4.69, 9.17) is 4.74 Å². The Kier molecular flexibility index (Phi) is 4.69. The van der Waals surface area contributed by atoms with Crippen LogP contribution in [0.3, 0.4) is 0 Å². The zero-order chi connectivity index (χ0) is 21.8. The van der Waals surface area contributed by atoms with E-state index in [2.05, 4.69) is 28.1 Å². The number of hydrogen-bond acceptors (Lipinski definition) is 5. The number of aromatic nitrogens is 2. The Bertz CT molecular complexity index is 1450. The topological polar surface area (TPSA) is 67.3 Å². The highest BCUT2D eigenvalue weighted by Gasteiger charge is 2.37. The monoisotopic (exact) mass is 447 g/mol. The predicted octanol–water partition coefficient (Wildman–Crippen LogP) is 3.57. The number of nitrogens with zero attached hydrogens (tertiary/aromatic N) is 2. The van der Waals surface area contributed by atoms with Crippen LogP contribution in [0.25, 0.3) is 20.3 Å². The summed E-state index contributed by atoms with van der Waals surface area (Å²) in [4.78, 5) is 31.3. The number of aromatic amines is 1. The zero-order valence-electron chi connectivity index (χ0n) is 18.0. The molecule has 0 amide bonds. The van der Waals surface area contributed by atoms with Gasteiger partial charge in [-0.05, 0) is 48.1 Å². The van der Waals surface area contributed by atoms with Crippen molar-refractivity contribution in [3.05, 3.63) is 74.4 Å². The number of methoxy groups -OCH3 is 1. The Morgan fingerprint density at radius 3 is 2.88 bits per heavy atom. The minimum atomic E-state index is -0.322. The van der Waals surface area contributed by atoms with Gasteiger partial charge in [0.25, 0.3) is 5.56 Å². The van der Waals surface area contributed by atoms with Crippen LogP contribution in [0, 0.1) is 5.92 Å². The summed E-state index contributed by atoms with van der Waals surface area (Å²) >= 11 is 1.45. The number of hydrogen-bond donors (Lipinski definition) is 1. The molecule has 0 saturated carbocycles. The molecule has 0 radical (unpaired) electrons. The van der Waals surface area contributed by atoms with Crippen molar-refractivity contribution in [2.75, 3.05) is 26.7 Å². The van der Waals surface area contributed by atoms with Crippen LogP contribution >= 0.6 is 11.3 Å². The third kappa shape index (κ3) is 3.11. The van der Waals surface area contributed by atoms with Crippen molar-refractivity contribution in [3.8, 4) is 5.75 Å². The van der Waals surface area contributed by atoms with Gasteiger partial charge in [-0.1, -0.05) is 24.3 Å². The van der Waals surface area contributed by atoms with E-state index in [0.29, 0.717) is 35.1 Å². The standard InChI is InChI=1S/C25H25N3O3S/c1-31-17-9-8-15-6-7-16-13-27(14-20(16)19(15)12-17)10-11-28-24(29)23-22(26-25(28)30)18-4-2-3-5-21(18)32-23/h2-5,8-9,12,16,20H,6-7,10-11,13-14H2,1H3,(H,26,30)/t16-,20+/m0/s1. The molecule has 2 aromatic heterocycles. The Balaban J connectivity index is 1.25. The lowest BCUT2D eigenvalue weighted by Gasteiger charge is -2.27. The molecule has 1 saturated heterocycles. The van der Waals surface area contributed by atoms with E-state index in [1.807, 2.05) is 24.3 Å². The van der Waals surface area contributed by atoms with Crippen molar-refractivity contribution in [1.82, 2.24) is 14.5 Å². The first-order chi connectivity index (χ1) is 15.6. The second-order valence-corrected chi connectivity index (χ2v) is 9.97. The molecule has 1 aliphatic heterocycles. The fourth-order valence-corrected chi connectivity index (χ4v) is 6.66.